The Balaban J connectivity index is 1.98. The molecule has 0 bridgehead atoms. The second-order valence-corrected chi connectivity index (χ2v) is 4.30. The van der Waals surface area contributed by atoms with Crippen molar-refractivity contribution in [3.8, 4) is 0 Å². The highest BCUT2D eigenvalue weighted by Crippen LogP contribution is 2.48. The molecule has 0 aromatic heterocycles. The summed E-state index contributed by atoms with van der Waals surface area (Å²) in [6.45, 7) is 6.93. The molecule has 1 atom stereocenters. The molecule has 1 radical (unpaired) electrons. The Morgan fingerprint density at radius 2 is 2.18 bits per heavy atom. The lowest BCUT2D eigenvalue weighted by Crippen LogP contribution is -1.89. The van der Waals surface area contributed by atoms with E-state index in [2.05, 4.69) is 20.8 Å². The molecule has 1 unspecified atom stereocenters. The maximum absolute atomic E-state index is 2.32. The first-order valence-corrected chi connectivity index (χ1v) is 5.08. The van der Waals surface area contributed by atoms with E-state index in [4.69, 9.17) is 0 Å². The molecular weight excluding hydrogens is 132 g/mol. The molecule has 0 saturated heterocycles. The van der Waals surface area contributed by atoms with E-state index in [0.29, 0.717) is 0 Å². The number of unbranched alkanes of at least 4 members (excludes halogenated alkanes) is 1. The highest BCUT2D eigenvalue weighted by atomic mass is 14.4. The Kier molecular flexibility index (Phi) is 3.42. The molecule has 0 aromatic rings. The van der Waals surface area contributed by atoms with Crippen LogP contribution >= 0.6 is 0 Å². The maximum atomic E-state index is 2.32. The second-order valence-electron chi connectivity index (χ2n) is 4.30. The Hall–Kier alpha value is 0. The Morgan fingerprint density at radius 3 is 2.73 bits per heavy atom. The molecule has 1 aliphatic carbocycles. The first-order chi connectivity index (χ1) is 5.24. The molecular formula is C11H21. The van der Waals surface area contributed by atoms with Crippen LogP contribution in [0.4, 0.5) is 0 Å². The van der Waals surface area contributed by atoms with Crippen LogP contribution in [0.25, 0.3) is 0 Å². The largest absolute Gasteiger partial charge is 0.0654 e. The summed E-state index contributed by atoms with van der Waals surface area (Å²) >= 11 is 0. The zero-order valence-electron chi connectivity index (χ0n) is 8.19. The van der Waals surface area contributed by atoms with Gasteiger partial charge in [-0.2, -0.15) is 0 Å². The molecule has 11 heavy (non-hydrogen) atoms. The van der Waals surface area contributed by atoms with Crippen LogP contribution in [0.5, 0.6) is 0 Å². The van der Waals surface area contributed by atoms with Crippen molar-refractivity contribution >= 4 is 0 Å². The van der Waals surface area contributed by atoms with Gasteiger partial charge in [0.15, 0.2) is 0 Å². The lowest BCUT2D eigenvalue weighted by molar-refractivity contribution is 0.593. The summed E-state index contributed by atoms with van der Waals surface area (Å²) in [5, 5.41) is 0. The predicted octanol–water partition coefficient (Wildman–Crippen LogP) is 3.82. The quantitative estimate of drug-likeness (QED) is 0.563. The summed E-state index contributed by atoms with van der Waals surface area (Å²) in [5.41, 5.74) is 0. The van der Waals surface area contributed by atoms with Crippen LogP contribution in [0.1, 0.15) is 52.9 Å². The standard InChI is InChI=1S/C11H21/c1-4-5-6-10-8-11(10)7-9(2)3/h9-10H,4-8H2,1-3H3. The molecule has 0 N–H and O–H groups in total. The van der Waals surface area contributed by atoms with Crippen LogP contribution in [0.3, 0.4) is 0 Å². The van der Waals surface area contributed by atoms with E-state index in [1.54, 1.807) is 0 Å². The molecule has 0 aromatic carbocycles. The molecule has 0 amide bonds. The van der Waals surface area contributed by atoms with Crippen molar-refractivity contribution in [2.75, 3.05) is 0 Å². The Morgan fingerprint density at radius 1 is 1.45 bits per heavy atom. The van der Waals surface area contributed by atoms with Gasteiger partial charge in [-0.1, -0.05) is 33.6 Å². The lowest BCUT2D eigenvalue weighted by atomic mass is 10.0. The Bertz CT molecular complexity index is 105. The highest BCUT2D eigenvalue weighted by molar-refractivity contribution is 5.13. The van der Waals surface area contributed by atoms with Gasteiger partial charge in [-0.15, -0.1) is 0 Å². The summed E-state index contributed by atoms with van der Waals surface area (Å²) in [6.07, 6.45) is 7.13. The minimum Gasteiger partial charge on any atom is -0.0654 e. The third-order valence-electron chi connectivity index (χ3n) is 2.50. The maximum Gasteiger partial charge on any atom is -0.0204 e. The van der Waals surface area contributed by atoms with Gasteiger partial charge < -0.3 is 0 Å². The smallest absolute Gasteiger partial charge is 0.0204 e. The molecule has 1 fully saturated rings. The van der Waals surface area contributed by atoms with Gasteiger partial charge in [-0.05, 0) is 37.0 Å². The van der Waals surface area contributed by atoms with Gasteiger partial charge in [0.2, 0.25) is 0 Å². The average Bonchev–Trinajstić information content (AvgIpc) is 2.62. The molecule has 0 spiro atoms. The third-order valence-corrected chi connectivity index (χ3v) is 2.50. The normalized spacial score (nSPS) is 24.5. The van der Waals surface area contributed by atoms with Crippen molar-refractivity contribution in [1.82, 2.24) is 0 Å². The van der Waals surface area contributed by atoms with Crippen molar-refractivity contribution < 1.29 is 0 Å². The lowest BCUT2D eigenvalue weighted by Gasteiger charge is -2.01. The fourth-order valence-corrected chi connectivity index (χ4v) is 1.79. The zero-order chi connectivity index (χ0) is 8.27. The monoisotopic (exact) mass is 153 g/mol. The van der Waals surface area contributed by atoms with Gasteiger partial charge in [-0.3, -0.25) is 0 Å². The molecule has 0 nitrogen and oxygen atoms in total. The van der Waals surface area contributed by atoms with E-state index in [0.717, 1.165) is 11.8 Å². The second kappa shape index (κ2) is 4.13. The summed E-state index contributed by atoms with van der Waals surface area (Å²) in [5.74, 6) is 3.78. The van der Waals surface area contributed by atoms with Gasteiger partial charge in [-0.25, -0.2) is 0 Å². The molecule has 0 heterocycles. The number of rotatable bonds is 5. The number of hydrogen-bond acceptors (Lipinski definition) is 0. The van der Waals surface area contributed by atoms with Crippen LogP contribution < -0.4 is 0 Å². The molecule has 1 saturated carbocycles. The molecule has 0 aliphatic heterocycles. The topological polar surface area (TPSA) is 0 Å². The number of hydrogen-bond donors (Lipinski definition) is 0. The van der Waals surface area contributed by atoms with Gasteiger partial charge >= 0.3 is 0 Å². The summed E-state index contributed by atoms with van der Waals surface area (Å²) < 4.78 is 0. The SMILES string of the molecule is CCCCC1C[C]1CC(C)C. The van der Waals surface area contributed by atoms with Crippen LogP contribution in [0.15, 0.2) is 0 Å². The van der Waals surface area contributed by atoms with E-state index < -0.39 is 0 Å². The van der Waals surface area contributed by atoms with E-state index >= 15 is 0 Å². The molecule has 1 rings (SSSR count). The summed E-state index contributed by atoms with van der Waals surface area (Å²) in [4.78, 5) is 0. The van der Waals surface area contributed by atoms with E-state index in [1.165, 1.54) is 32.1 Å². The molecule has 65 valence electrons. The minimum absolute atomic E-state index is 0.886. The van der Waals surface area contributed by atoms with E-state index in [1.807, 2.05) is 5.92 Å². The fourth-order valence-electron chi connectivity index (χ4n) is 1.79. The van der Waals surface area contributed by atoms with Gasteiger partial charge in [0.25, 0.3) is 0 Å². The molecule has 1 aliphatic rings. The first-order valence-electron chi connectivity index (χ1n) is 5.08. The Labute approximate surface area is 71.4 Å². The van der Waals surface area contributed by atoms with Crippen LogP contribution in [-0.4, -0.2) is 0 Å². The molecule has 0 heteroatoms. The van der Waals surface area contributed by atoms with Crippen molar-refractivity contribution in [2.24, 2.45) is 11.8 Å². The first kappa shape index (κ1) is 9.09. The van der Waals surface area contributed by atoms with E-state index in [9.17, 15) is 0 Å². The van der Waals surface area contributed by atoms with E-state index in [-0.39, 0.29) is 0 Å². The van der Waals surface area contributed by atoms with Gasteiger partial charge in [0, 0.05) is 0 Å². The van der Waals surface area contributed by atoms with Crippen molar-refractivity contribution in [1.29, 1.82) is 0 Å². The minimum atomic E-state index is 0.886. The summed E-state index contributed by atoms with van der Waals surface area (Å²) in [6, 6.07) is 0. The van der Waals surface area contributed by atoms with Crippen LogP contribution in [0.2, 0.25) is 0 Å². The van der Waals surface area contributed by atoms with Gasteiger partial charge in [0.05, 0.1) is 0 Å². The van der Waals surface area contributed by atoms with Crippen LogP contribution in [-0.2, 0) is 0 Å². The predicted molar refractivity (Wildman–Crippen MR) is 50.3 cm³/mol. The van der Waals surface area contributed by atoms with Crippen LogP contribution in [0, 0.1) is 17.8 Å². The fraction of sp³-hybridized carbons (Fsp3) is 0.909. The van der Waals surface area contributed by atoms with Gasteiger partial charge in [0.1, 0.15) is 0 Å². The van der Waals surface area contributed by atoms with Crippen molar-refractivity contribution in [3.05, 3.63) is 5.92 Å². The van der Waals surface area contributed by atoms with Crippen molar-refractivity contribution in [2.45, 2.75) is 52.9 Å². The summed E-state index contributed by atoms with van der Waals surface area (Å²) in [7, 11) is 0. The third kappa shape index (κ3) is 3.27. The zero-order valence-corrected chi connectivity index (χ0v) is 8.19. The van der Waals surface area contributed by atoms with Crippen molar-refractivity contribution in [3.63, 3.8) is 0 Å². The average molecular weight is 153 g/mol. The highest BCUT2D eigenvalue weighted by Gasteiger charge is 2.36.